The standard InChI is InChI=1S/C25H29F2N3O3/c1-3-31-22-13-17(14-23(24(22)27)32-4-2)15-30-11-9-20(10-12-30)28-25-29-21(16-33-25)18-5-7-19(26)8-6-18/h5-8,13-14,16,20H,3-4,9-12,15H2,1-2H3,(H,28,29). The Kier molecular flexibility index (Phi) is 7.44. The van der Waals surface area contributed by atoms with E-state index in [2.05, 4.69) is 15.2 Å². The SMILES string of the molecule is CCOc1cc(CN2CCC(Nc3nc(-c4ccc(F)cc4)co3)CC2)cc(OCC)c1F. The minimum atomic E-state index is -0.448. The lowest BCUT2D eigenvalue weighted by atomic mass is 10.0. The molecule has 0 aliphatic carbocycles. The number of hydrogen-bond acceptors (Lipinski definition) is 6. The third-order valence-corrected chi connectivity index (χ3v) is 5.63. The Morgan fingerprint density at radius 2 is 1.67 bits per heavy atom. The first-order valence-electron chi connectivity index (χ1n) is 11.3. The Bertz CT molecular complexity index is 1020. The second-order valence-electron chi connectivity index (χ2n) is 8.01. The number of rotatable bonds is 9. The van der Waals surface area contributed by atoms with Crippen LogP contribution in [0, 0.1) is 11.6 Å². The van der Waals surface area contributed by atoms with E-state index in [9.17, 15) is 8.78 Å². The Morgan fingerprint density at radius 1 is 1.03 bits per heavy atom. The first-order chi connectivity index (χ1) is 16.1. The van der Waals surface area contributed by atoms with Gasteiger partial charge in [-0.05, 0) is 68.7 Å². The van der Waals surface area contributed by atoms with Crippen molar-refractivity contribution in [2.24, 2.45) is 0 Å². The molecule has 1 aromatic heterocycles. The lowest BCUT2D eigenvalue weighted by Gasteiger charge is -2.32. The van der Waals surface area contributed by atoms with Gasteiger partial charge in [-0.1, -0.05) is 0 Å². The predicted octanol–water partition coefficient (Wildman–Crippen LogP) is 5.49. The fraction of sp³-hybridized carbons (Fsp3) is 0.400. The topological polar surface area (TPSA) is 59.8 Å². The maximum Gasteiger partial charge on any atom is 0.295 e. The monoisotopic (exact) mass is 457 g/mol. The molecule has 0 unspecified atom stereocenters. The molecule has 6 nitrogen and oxygen atoms in total. The molecular weight excluding hydrogens is 428 g/mol. The molecule has 1 aliphatic heterocycles. The quantitative estimate of drug-likeness (QED) is 0.458. The highest BCUT2D eigenvalue weighted by molar-refractivity contribution is 5.59. The number of hydrogen-bond donors (Lipinski definition) is 1. The number of anilines is 1. The Labute approximate surface area is 192 Å². The van der Waals surface area contributed by atoms with E-state index in [4.69, 9.17) is 13.9 Å². The summed E-state index contributed by atoms with van der Waals surface area (Å²) in [5, 5.41) is 3.36. The molecule has 0 bridgehead atoms. The number of aromatic nitrogens is 1. The molecular formula is C25H29F2N3O3. The molecule has 0 radical (unpaired) electrons. The first kappa shape index (κ1) is 23.0. The van der Waals surface area contributed by atoms with Crippen LogP contribution in [0.2, 0.25) is 0 Å². The number of nitrogens with zero attached hydrogens (tertiary/aromatic N) is 2. The lowest BCUT2D eigenvalue weighted by Crippen LogP contribution is -2.38. The van der Waals surface area contributed by atoms with E-state index in [0.717, 1.165) is 37.1 Å². The summed E-state index contributed by atoms with van der Waals surface area (Å²) in [5.41, 5.74) is 2.44. The van der Waals surface area contributed by atoms with Crippen LogP contribution in [0.3, 0.4) is 0 Å². The van der Waals surface area contributed by atoms with Gasteiger partial charge in [0.15, 0.2) is 11.5 Å². The normalized spacial score (nSPS) is 14.9. The minimum Gasteiger partial charge on any atom is -0.491 e. The maximum atomic E-state index is 14.5. The fourth-order valence-electron chi connectivity index (χ4n) is 4.00. The molecule has 0 atom stereocenters. The molecule has 1 aliphatic rings. The zero-order chi connectivity index (χ0) is 23.2. The van der Waals surface area contributed by atoms with Crippen LogP contribution >= 0.6 is 0 Å². The molecule has 1 saturated heterocycles. The highest BCUT2D eigenvalue weighted by Gasteiger charge is 2.22. The number of ether oxygens (including phenoxy) is 2. The van der Waals surface area contributed by atoms with Crippen molar-refractivity contribution >= 4 is 6.01 Å². The summed E-state index contributed by atoms with van der Waals surface area (Å²) in [6.07, 6.45) is 3.42. The molecule has 0 saturated carbocycles. The zero-order valence-corrected chi connectivity index (χ0v) is 18.9. The third kappa shape index (κ3) is 5.82. The summed E-state index contributed by atoms with van der Waals surface area (Å²) in [5.74, 6) is -0.265. The van der Waals surface area contributed by atoms with Crippen molar-refractivity contribution in [1.29, 1.82) is 0 Å². The van der Waals surface area contributed by atoms with Gasteiger partial charge in [0.1, 0.15) is 17.8 Å². The number of piperidine rings is 1. The van der Waals surface area contributed by atoms with Gasteiger partial charge < -0.3 is 19.2 Å². The summed E-state index contributed by atoms with van der Waals surface area (Å²) in [6.45, 7) is 6.92. The lowest BCUT2D eigenvalue weighted by molar-refractivity contribution is 0.209. The number of oxazole rings is 1. The average molecular weight is 458 g/mol. The van der Waals surface area contributed by atoms with Crippen LogP contribution in [0.25, 0.3) is 11.3 Å². The smallest absolute Gasteiger partial charge is 0.295 e. The summed E-state index contributed by atoms with van der Waals surface area (Å²) >= 11 is 0. The fourth-order valence-corrected chi connectivity index (χ4v) is 4.00. The minimum absolute atomic E-state index is 0.232. The van der Waals surface area contributed by atoms with Crippen molar-refractivity contribution < 1.29 is 22.7 Å². The van der Waals surface area contributed by atoms with Crippen LogP contribution in [0.15, 0.2) is 47.1 Å². The Morgan fingerprint density at radius 3 is 2.27 bits per heavy atom. The van der Waals surface area contributed by atoms with Gasteiger partial charge in [-0.25, -0.2) is 4.39 Å². The number of benzene rings is 2. The largest absolute Gasteiger partial charge is 0.491 e. The van der Waals surface area contributed by atoms with Crippen LogP contribution in [-0.4, -0.2) is 42.2 Å². The Balaban J connectivity index is 1.33. The van der Waals surface area contributed by atoms with Crippen LogP contribution in [0.4, 0.5) is 14.8 Å². The van der Waals surface area contributed by atoms with Crippen LogP contribution in [0.5, 0.6) is 11.5 Å². The molecule has 176 valence electrons. The highest BCUT2D eigenvalue weighted by Crippen LogP contribution is 2.30. The van der Waals surface area contributed by atoms with E-state index in [1.54, 1.807) is 30.5 Å². The average Bonchev–Trinajstić information content (AvgIpc) is 3.27. The first-order valence-corrected chi connectivity index (χ1v) is 11.3. The second-order valence-corrected chi connectivity index (χ2v) is 8.01. The van der Waals surface area contributed by atoms with E-state index in [-0.39, 0.29) is 23.4 Å². The molecule has 0 spiro atoms. The van der Waals surface area contributed by atoms with Gasteiger partial charge in [0.2, 0.25) is 5.82 Å². The van der Waals surface area contributed by atoms with Gasteiger partial charge in [-0.3, -0.25) is 4.90 Å². The van der Waals surface area contributed by atoms with Gasteiger partial charge in [-0.2, -0.15) is 9.37 Å². The molecule has 2 aromatic carbocycles. The van der Waals surface area contributed by atoms with Crippen LogP contribution in [0.1, 0.15) is 32.3 Å². The van der Waals surface area contributed by atoms with Crippen molar-refractivity contribution in [3.63, 3.8) is 0 Å². The van der Waals surface area contributed by atoms with Crippen LogP contribution in [-0.2, 0) is 6.54 Å². The van der Waals surface area contributed by atoms with E-state index < -0.39 is 5.82 Å². The molecule has 0 amide bonds. The molecule has 2 heterocycles. The number of nitrogens with one attached hydrogen (secondary N) is 1. The molecule has 3 aromatic rings. The van der Waals surface area contributed by atoms with E-state index in [0.29, 0.717) is 31.5 Å². The highest BCUT2D eigenvalue weighted by atomic mass is 19.1. The third-order valence-electron chi connectivity index (χ3n) is 5.63. The van der Waals surface area contributed by atoms with Gasteiger partial charge in [-0.15, -0.1) is 0 Å². The Hall–Kier alpha value is -3.13. The van der Waals surface area contributed by atoms with Crippen LogP contribution < -0.4 is 14.8 Å². The van der Waals surface area contributed by atoms with Gasteiger partial charge in [0.05, 0.1) is 13.2 Å². The second kappa shape index (κ2) is 10.7. The summed E-state index contributed by atoms with van der Waals surface area (Å²) in [4.78, 5) is 6.81. The van der Waals surface area contributed by atoms with Crippen molar-refractivity contribution in [3.8, 4) is 22.8 Å². The molecule has 33 heavy (non-hydrogen) atoms. The molecule has 1 N–H and O–H groups in total. The molecule has 1 fully saturated rings. The van der Waals surface area contributed by atoms with Crippen molar-refractivity contribution in [1.82, 2.24) is 9.88 Å². The van der Waals surface area contributed by atoms with E-state index >= 15 is 0 Å². The van der Waals surface area contributed by atoms with E-state index in [1.807, 2.05) is 13.8 Å². The number of likely N-dealkylation sites (tertiary alicyclic amines) is 1. The zero-order valence-electron chi connectivity index (χ0n) is 18.9. The molecule has 4 rings (SSSR count). The van der Waals surface area contributed by atoms with E-state index in [1.165, 1.54) is 12.1 Å². The van der Waals surface area contributed by atoms with Crippen molar-refractivity contribution in [3.05, 3.63) is 59.9 Å². The molecule has 8 heteroatoms. The van der Waals surface area contributed by atoms with Crippen molar-refractivity contribution in [2.45, 2.75) is 39.3 Å². The van der Waals surface area contributed by atoms with Crippen molar-refractivity contribution in [2.75, 3.05) is 31.6 Å². The van der Waals surface area contributed by atoms with Gasteiger partial charge in [0, 0.05) is 31.2 Å². The maximum absolute atomic E-state index is 14.5. The summed E-state index contributed by atoms with van der Waals surface area (Å²) in [6, 6.07) is 10.4. The summed E-state index contributed by atoms with van der Waals surface area (Å²) in [7, 11) is 0. The number of halogens is 2. The summed E-state index contributed by atoms with van der Waals surface area (Å²) < 4.78 is 44.1. The van der Waals surface area contributed by atoms with Gasteiger partial charge in [0.25, 0.3) is 6.01 Å². The predicted molar refractivity (Wildman–Crippen MR) is 123 cm³/mol. The van der Waals surface area contributed by atoms with Gasteiger partial charge >= 0.3 is 0 Å².